The lowest BCUT2D eigenvalue weighted by Gasteiger charge is -2.15. The van der Waals surface area contributed by atoms with Gasteiger partial charge in [0.2, 0.25) is 6.41 Å². The number of carbonyl (C=O) groups excluding carboxylic acids is 1. The zero-order valence-corrected chi connectivity index (χ0v) is 10.2. The van der Waals surface area contributed by atoms with Crippen LogP contribution in [-0.4, -0.2) is 13.0 Å². The number of benzene rings is 1. The highest BCUT2D eigenvalue weighted by Crippen LogP contribution is 2.23. The second-order valence-corrected chi connectivity index (χ2v) is 4.21. The van der Waals surface area contributed by atoms with Crippen LogP contribution in [-0.2, 0) is 11.2 Å². The largest absolute Gasteiger partial charge is 0.359 e. The predicted octanol–water partition coefficient (Wildman–Crippen LogP) is 2.88. The highest BCUT2D eigenvalue weighted by molar-refractivity contribution is 5.45. The Morgan fingerprint density at radius 2 is 2.12 bits per heavy atom. The Hall–Kier alpha value is -1.31. The molecule has 2 nitrogen and oxygen atoms in total. The summed E-state index contributed by atoms with van der Waals surface area (Å²) in [6.07, 6.45) is 4.09. The second kappa shape index (κ2) is 7.04. The first-order chi connectivity index (χ1) is 7.79. The summed E-state index contributed by atoms with van der Waals surface area (Å²) in [6.45, 7) is 5.18. The molecule has 0 aliphatic rings. The fourth-order valence-corrected chi connectivity index (χ4v) is 2.03. The lowest BCUT2D eigenvalue weighted by Crippen LogP contribution is -2.14. The standard InChI is InChI=1S/C14H21NO/c1-3-6-13-7-4-5-8-14(13)12(2)9-10-15-11-16/h4-5,7-8,11-12H,3,6,9-10H2,1-2H3,(H,15,16). The molecular formula is C14H21NO. The topological polar surface area (TPSA) is 29.1 Å². The molecular weight excluding hydrogens is 198 g/mol. The van der Waals surface area contributed by atoms with Gasteiger partial charge in [-0.1, -0.05) is 44.5 Å². The molecule has 2 heteroatoms. The predicted molar refractivity (Wildman–Crippen MR) is 67.5 cm³/mol. The van der Waals surface area contributed by atoms with Crippen LogP contribution >= 0.6 is 0 Å². The Morgan fingerprint density at radius 1 is 1.38 bits per heavy atom. The molecule has 1 rings (SSSR count). The average Bonchev–Trinajstić information content (AvgIpc) is 2.30. The Bertz CT molecular complexity index is 322. The smallest absolute Gasteiger partial charge is 0.207 e. The quantitative estimate of drug-likeness (QED) is 0.554. The van der Waals surface area contributed by atoms with E-state index in [1.165, 1.54) is 17.5 Å². The number of carbonyl (C=O) groups is 1. The molecule has 1 aromatic carbocycles. The fourth-order valence-electron chi connectivity index (χ4n) is 2.03. The molecule has 1 aromatic rings. The molecule has 16 heavy (non-hydrogen) atoms. The van der Waals surface area contributed by atoms with Crippen LogP contribution in [0.3, 0.4) is 0 Å². The summed E-state index contributed by atoms with van der Waals surface area (Å²) in [6, 6.07) is 8.61. The second-order valence-electron chi connectivity index (χ2n) is 4.21. The van der Waals surface area contributed by atoms with Crippen LogP contribution in [0, 0.1) is 0 Å². The third kappa shape index (κ3) is 3.69. The molecule has 0 fully saturated rings. The van der Waals surface area contributed by atoms with E-state index < -0.39 is 0 Å². The third-order valence-corrected chi connectivity index (χ3v) is 2.91. The molecule has 0 spiro atoms. The first-order valence-electron chi connectivity index (χ1n) is 6.04. The van der Waals surface area contributed by atoms with Crippen LogP contribution in [0.25, 0.3) is 0 Å². The summed E-state index contributed by atoms with van der Waals surface area (Å²) in [7, 11) is 0. The van der Waals surface area contributed by atoms with Crippen LogP contribution in [0.1, 0.15) is 43.7 Å². The normalized spacial score (nSPS) is 12.1. The minimum atomic E-state index is 0.509. The van der Waals surface area contributed by atoms with Gasteiger partial charge >= 0.3 is 0 Å². The van der Waals surface area contributed by atoms with Crippen molar-refractivity contribution in [3.63, 3.8) is 0 Å². The van der Waals surface area contributed by atoms with Crippen molar-refractivity contribution in [3.8, 4) is 0 Å². The van der Waals surface area contributed by atoms with Crippen LogP contribution in [0.2, 0.25) is 0 Å². The van der Waals surface area contributed by atoms with E-state index in [9.17, 15) is 4.79 Å². The summed E-state index contributed by atoms with van der Waals surface area (Å²) >= 11 is 0. The van der Waals surface area contributed by atoms with Gasteiger partial charge in [-0.2, -0.15) is 0 Å². The Kier molecular flexibility index (Phi) is 5.62. The number of aryl methyl sites for hydroxylation is 1. The summed E-state index contributed by atoms with van der Waals surface area (Å²) in [5.74, 6) is 0.509. The van der Waals surface area contributed by atoms with Crippen molar-refractivity contribution in [1.82, 2.24) is 5.32 Å². The average molecular weight is 219 g/mol. The molecule has 1 unspecified atom stereocenters. The minimum Gasteiger partial charge on any atom is -0.359 e. The lowest BCUT2D eigenvalue weighted by molar-refractivity contribution is -0.109. The zero-order valence-electron chi connectivity index (χ0n) is 10.2. The first kappa shape index (κ1) is 12.8. The first-order valence-corrected chi connectivity index (χ1v) is 6.04. The molecule has 0 radical (unpaired) electrons. The van der Waals surface area contributed by atoms with Gasteiger partial charge in [-0.05, 0) is 29.9 Å². The Morgan fingerprint density at radius 3 is 2.81 bits per heavy atom. The van der Waals surface area contributed by atoms with Gasteiger partial charge in [-0.3, -0.25) is 4.79 Å². The molecule has 1 N–H and O–H groups in total. The molecule has 0 saturated carbocycles. The van der Waals surface area contributed by atoms with Gasteiger partial charge in [0.1, 0.15) is 0 Å². The summed E-state index contributed by atoms with van der Waals surface area (Å²) in [5, 5.41) is 2.72. The van der Waals surface area contributed by atoms with E-state index in [1.807, 2.05) is 0 Å². The van der Waals surface area contributed by atoms with E-state index in [0.29, 0.717) is 5.92 Å². The molecule has 1 atom stereocenters. The maximum atomic E-state index is 10.2. The molecule has 0 aromatic heterocycles. The summed E-state index contributed by atoms with van der Waals surface area (Å²) in [5.41, 5.74) is 2.88. The van der Waals surface area contributed by atoms with Gasteiger partial charge in [0.15, 0.2) is 0 Å². The van der Waals surface area contributed by atoms with Crippen molar-refractivity contribution in [1.29, 1.82) is 0 Å². The van der Waals surface area contributed by atoms with Crippen molar-refractivity contribution in [3.05, 3.63) is 35.4 Å². The monoisotopic (exact) mass is 219 g/mol. The zero-order chi connectivity index (χ0) is 11.8. The number of hydrogen-bond donors (Lipinski definition) is 1. The van der Waals surface area contributed by atoms with Gasteiger partial charge < -0.3 is 5.32 Å². The summed E-state index contributed by atoms with van der Waals surface area (Å²) in [4.78, 5) is 10.2. The molecule has 0 aliphatic carbocycles. The number of nitrogens with one attached hydrogen (secondary N) is 1. The lowest BCUT2D eigenvalue weighted by atomic mass is 9.91. The van der Waals surface area contributed by atoms with Gasteiger partial charge in [-0.15, -0.1) is 0 Å². The fraction of sp³-hybridized carbons (Fsp3) is 0.500. The molecule has 0 heterocycles. The summed E-state index contributed by atoms with van der Waals surface area (Å²) < 4.78 is 0. The van der Waals surface area contributed by atoms with Crippen molar-refractivity contribution >= 4 is 6.41 Å². The maximum Gasteiger partial charge on any atom is 0.207 e. The van der Waals surface area contributed by atoms with Gasteiger partial charge in [0.25, 0.3) is 0 Å². The van der Waals surface area contributed by atoms with Crippen molar-refractivity contribution in [2.75, 3.05) is 6.54 Å². The minimum absolute atomic E-state index is 0.509. The Balaban J connectivity index is 2.65. The van der Waals surface area contributed by atoms with Gasteiger partial charge in [0, 0.05) is 6.54 Å². The van der Waals surface area contributed by atoms with E-state index in [0.717, 1.165) is 25.8 Å². The third-order valence-electron chi connectivity index (χ3n) is 2.91. The maximum absolute atomic E-state index is 10.2. The molecule has 0 bridgehead atoms. The van der Waals surface area contributed by atoms with E-state index >= 15 is 0 Å². The molecule has 88 valence electrons. The van der Waals surface area contributed by atoms with Crippen molar-refractivity contribution in [2.45, 2.75) is 39.0 Å². The van der Waals surface area contributed by atoms with Crippen LogP contribution in [0.4, 0.5) is 0 Å². The molecule has 0 aliphatic heterocycles. The SMILES string of the molecule is CCCc1ccccc1C(C)CCNC=O. The van der Waals surface area contributed by atoms with Gasteiger partial charge in [0.05, 0.1) is 0 Å². The molecule has 1 amide bonds. The highest BCUT2D eigenvalue weighted by atomic mass is 16.1. The molecule has 0 saturated heterocycles. The van der Waals surface area contributed by atoms with Crippen molar-refractivity contribution in [2.24, 2.45) is 0 Å². The van der Waals surface area contributed by atoms with E-state index in [-0.39, 0.29) is 0 Å². The van der Waals surface area contributed by atoms with Crippen molar-refractivity contribution < 1.29 is 4.79 Å². The number of rotatable bonds is 7. The highest BCUT2D eigenvalue weighted by Gasteiger charge is 2.08. The number of hydrogen-bond acceptors (Lipinski definition) is 1. The van der Waals surface area contributed by atoms with E-state index in [1.54, 1.807) is 0 Å². The van der Waals surface area contributed by atoms with Crippen LogP contribution in [0.5, 0.6) is 0 Å². The Labute approximate surface area is 98.1 Å². The van der Waals surface area contributed by atoms with E-state index in [4.69, 9.17) is 0 Å². The van der Waals surface area contributed by atoms with Crippen LogP contribution < -0.4 is 5.32 Å². The van der Waals surface area contributed by atoms with Crippen LogP contribution in [0.15, 0.2) is 24.3 Å². The number of amides is 1. The van der Waals surface area contributed by atoms with E-state index in [2.05, 4.69) is 43.4 Å². The van der Waals surface area contributed by atoms with Gasteiger partial charge in [-0.25, -0.2) is 0 Å².